The van der Waals surface area contributed by atoms with Crippen molar-refractivity contribution in [2.24, 2.45) is 0 Å². The van der Waals surface area contributed by atoms with E-state index in [2.05, 4.69) is 12.6 Å². The van der Waals surface area contributed by atoms with Gasteiger partial charge in [-0.3, -0.25) is 0 Å². The molecule has 2 aromatic rings. The van der Waals surface area contributed by atoms with Gasteiger partial charge in [0.1, 0.15) is 5.01 Å². The molecule has 17 heavy (non-hydrogen) atoms. The van der Waals surface area contributed by atoms with Crippen LogP contribution in [0.1, 0.15) is 29.3 Å². The molecule has 0 atom stereocenters. The Morgan fingerprint density at radius 3 is 2.76 bits per heavy atom. The van der Waals surface area contributed by atoms with E-state index in [4.69, 9.17) is 16.6 Å². The van der Waals surface area contributed by atoms with Gasteiger partial charge >= 0.3 is 0 Å². The molecule has 0 amide bonds. The minimum Gasteiger partial charge on any atom is -0.240 e. The Bertz CT molecular complexity index is 546. The third-order valence-electron chi connectivity index (χ3n) is 2.94. The van der Waals surface area contributed by atoms with Crippen LogP contribution in [0.3, 0.4) is 0 Å². The molecule has 88 valence electrons. The molecule has 0 bridgehead atoms. The van der Waals surface area contributed by atoms with E-state index < -0.39 is 0 Å². The van der Waals surface area contributed by atoms with Gasteiger partial charge in [0, 0.05) is 22.1 Å². The van der Waals surface area contributed by atoms with E-state index in [-0.39, 0.29) is 0 Å². The molecule has 0 unspecified atom stereocenters. The van der Waals surface area contributed by atoms with E-state index in [1.807, 2.05) is 24.3 Å². The van der Waals surface area contributed by atoms with E-state index in [9.17, 15) is 0 Å². The zero-order valence-corrected chi connectivity index (χ0v) is 11.7. The Balaban J connectivity index is 2.06. The third-order valence-corrected chi connectivity index (χ3v) is 4.90. The van der Waals surface area contributed by atoms with Gasteiger partial charge in [-0.15, -0.1) is 11.3 Å². The van der Waals surface area contributed by atoms with Crippen LogP contribution in [-0.4, -0.2) is 4.98 Å². The Kier molecular flexibility index (Phi) is 3.16. The summed E-state index contributed by atoms with van der Waals surface area (Å²) in [5.41, 5.74) is 2.29. The van der Waals surface area contributed by atoms with Crippen LogP contribution < -0.4 is 0 Å². The average Bonchev–Trinajstić information content (AvgIpc) is 3.10. The summed E-state index contributed by atoms with van der Waals surface area (Å²) >= 11 is 12.3. The van der Waals surface area contributed by atoms with Crippen molar-refractivity contribution in [2.45, 2.75) is 24.5 Å². The van der Waals surface area contributed by atoms with Crippen molar-refractivity contribution in [1.82, 2.24) is 4.98 Å². The van der Waals surface area contributed by atoms with Gasteiger partial charge in [0.25, 0.3) is 0 Å². The van der Waals surface area contributed by atoms with Gasteiger partial charge in [0.2, 0.25) is 0 Å². The topological polar surface area (TPSA) is 12.9 Å². The summed E-state index contributed by atoms with van der Waals surface area (Å²) in [6.45, 7) is 0. The molecule has 0 spiro atoms. The summed E-state index contributed by atoms with van der Waals surface area (Å²) in [6.07, 6.45) is 2.54. The second kappa shape index (κ2) is 4.63. The molecule has 1 aromatic carbocycles. The average molecular weight is 282 g/mol. The van der Waals surface area contributed by atoms with E-state index in [1.165, 1.54) is 23.4 Å². The number of nitrogens with zero attached hydrogens (tertiary/aromatic N) is 1. The number of rotatable bonds is 3. The molecule has 1 aliphatic rings. The van der Waals surface area contributed by atoms with Crippen LogP contribution >= 0.6 is 35.6 Å². The van der Waals surface area contributed by atoms with E-state index in [1.54, 1.807) is 11.3 Å². The molecule has 1 saturated carbocycles. The minimum atomic E-state index is 0.671. The number of thiol groups is 1. The molecule has 0 radical (unpaired) electrons. The molecule has 0 aliphatic heterocycles. The molecule has 0 N–H and O–H groups in total. The highest BCUT2D eigenvalue weighted by Gasteiger charge is 2.29. The van der Waals surface area contributed by atoms with Gasteiger partial charge in [-0.25, -0.2) is 4.98 Å². The lowest BCUT2D eigenvalue weighted by atomic mass is 10.2. The Morgan fingerprint density at radius 2 is 2.12 bits per heavy atom. The normalized spacial score (nSPS) is 15.2. The molecule has 1 aliphatic carbocycles. The summed E-state index contributed by atoms with van der Waals surface area (Å²) in [5, 5.41) is 1.80. The van der Waals surface area contributed by atoms with Crippen molar-refractivity contribution in [2.75, 3.05) is 0 Å². The number of hydrogen-bond acceptors (Lipinski definition) is 3. The molecule has 4 heteroatoms. The fourth-order valence-electron chi connectivity index (χ4n) is 1.90. The second-order valence-electron chi connectivity index (χ2n) is 4.24. The van der Waals surface area contributed by atoms with Crippen LogP contribution in [0, 0.1) is 0 Å². The van der Waals surface area contributed by atoms with Crippen LogP contribution in [0.25, 0.3) is 10.6 Å². The molecule has 1 fully saturated rings. The summed E-state index contributed by atoms with van der Waals surface area (Å²) in [6, 6.07) is 7.89. The first-order chi connectivity index (χ1) is 8.29. The Hall–Kier alpha value is -0.510. The summed E-state index contributed by atoms with van der Waals surface area (Å²) in [4.78, 5) is 6.06. The second-order valence-corrected chi connectivity index (χ2v) is 6.05. The van der Waals surface area contributed by atoms with Crippen LogP contribution in [0.15, 0.2) is 24.3 Å². The Morgan fingerprint density at radius 1 is 1.35 bits per heavy atom. The van der Waals surface area contributed by atoms with Crippen LogP contribution in [-0.2, 0) is 5.75 Å². The van der Waals surface area contributed by atoms with Gasteiger partial charge in [-0.05, 0) is 18.9 Å². The summed E-state index contributed by atoms with van der Waals surface area (Å²) in [5.74, 6) is 1.44. The highest BCUT2D eigenvalue weighted by molar-refractivity contribution is 7.79. The zero-order valence-electron chi connectivity index (χ0n) is 9.19. The van der Waals surface area contributed by atoms with Gasteiger partial charge in [-0.1, -0.05) is 29.8 Å². The van der Waals surface area contributed by atoms with Crippen LogP contribution in [0.2, 0.25) is 5.02 Å². The molecule has 0 saturated heterocycles. The molecule has 1 aromatic heterocycles. The number of halogens is 1. The molecular weight excluding hydrogens is 270 g/mol. The predicted octanol–water partition coefficient (Wildman–Crippen LogP) is 4.77. The highest BCUT2D eigenvalue weighted by atomic mass is 35.5. The number of benzene rings is 1. The number of thiazole rings is 1. The van der Waals surface area contributed by atoms with Crippen molar-refractivity contribution in [1.29, 1.82) is 0 Å². The van der Waals surface area contributed by atoms with Gasteiger partial charge in [0.15, 0.2) is 0 Å². The highest BCUT2D eigenvalue weighted by Crippen LogP contribution is 2.45. The molecule has 1 heterocycles. The maximum atomic E-state index is 6.21. The standard InChI is InChI=1S/C13H12ClNS2/c14-10-4-2-1-3-9(10)13-15-12(8-5-6-8)11(7-16)17-13/h1-4,8,16H,5-7H2. The van der Waals surface area contributed by atoms with E-state index in [0.29, 0.717) is 5.92 Å². The van der Waals surface area contributed by atoms with Crippen LogP contribution in [0.5, 0.6) is 0 Å². The number of aromatic nitrogens is 1. The lowest BCUT2D eigenvalue weighted by molar-refractivity contribution is 1.03. The monoisotopic (exact) mass is 281 g/mol. The summed E-state index contributed by atoms with van der Waals surface area (Å²) in [7, 11) is 0. The largest absolute Gasteiger partial charge is 0.240 e. The lowest BCUT2D eigenvalue weighted by Gasteiger charge is -1.98. The smallest absolute Gasteiger partial charge is 0.125 e. The molecule has 1 nitrogen and oxygen atoms in total. The zero-order chi connectivity index (χ0) is 11.8. The van der Waals surface area contributed by atoms with Crippen molar-refractivity contribution in [3.05, 3.63) is 39.9 Å². The van der Waals surface area contributed by atoms with E-state index >= 15 is 0 Å². The van der Waals surface area contributed by atoms with Crippen LogP contribution in [0.4, 0.5) is 0 Å². The quantitative estimate of drug-likeness (QED) is 0.800. The van der Waals surface area contributed by atoms with Gasteiger partial charge < -0.3 is 0 Å². The van der Waals surface area contributed by atoms with Crippen molar-refractivity contribution in [3.8, 4) is 10.6 Å². The van der Waals surface area contributed by atoms with Crippen molar-refractivity contribution >= 4 is 35.6 Å². The first-order valence-corrected chi connectivity index (χ1v) is 7.47. The SMILES string of the molecule is SCc1sc(-c2ccccc2Cl)nc1C1CC1. The predicted molar refractivity (Wildman–Crippen MR) is 77.2 cm³/mol. The first kappa shape index (κ1) is 11.6. The maximum absolute atomic E-state index is 6.21. The third kappa shape index (κ3) is 2.24. The molecular formula is C13H12ClNS2. The first-order valence-electron chi connectivity index (χ1n) is 5.65. The van der Waals surface area contributed by atoms with Gasteiger partial charge in [0.05, 0.1) is 10.7 Å². The van der Waals surface area contributed by atoms with Gasteiger partial charge in [-0.2, -0.15) is 12.6 Å². The van der Waals surface area contributed by atoms with Crippen molar-refractivity contribution in [3.63, 3.8) is 0 Å². The van der Waals surface area contributed by atoms with E-state index in [0.717, 1.165) is 21.3 Å². The van der Waals surface area contributed by atoms with Crippen molar-refractivity contribution < 1.29 is 0 Å². The maximum Gasteiger partial charge on any atom is 0.125 e. The Labute approximate surface area is 115 Å². The lowest BCUT2D eigenvalue weighted by Crippen LogP contribution is -1.85. The minimum absolute atomic E-state index is 0.671. The number of hydrogen-bond donors (Lipinski definition) is 1. The fraction of sp³-hybridized carbons (Fsp3) is 0.308. The molecule has 3 rings (SSSR count). The summed E-state index contributed by atoms with van der Waals surface area (Å²) < 4.78 is 0. The fourth-order valence-corrected chi connectivity index (χ4v) is 3.59.